The van der Waals surface area contributed by atoms with Crippen LogP contribution in [-0.2, 0) is 16.1 Å². The Kier molecular flexibility index (Phi) is 5.31. The number of carbonyl (C=O) groups is 1. The second-order valence-electron chi connectivity index (χ2n) is 6.53. The van der Waals surface area contributed by atoms with Crippen molar-refractivity contribution in [3.8, 4) is 0 Å². The number of carbonyl (C=O) groups excluding carboxylic acids is 1. The highest BCUT2D eigenvalue weighted by Crippen LogP contribution is 2.20. The van der Waals surface area contributed by atoms with Crippen molar-refractivity contribution in [3.05, 3.63) is 41.7 Å². The summed E-state index contributed by atoms with van der Waals surface area (Å²) in [5, 5.41) is 1.99. The molecule has 0 aliphatic carbocycles. The van der Waals surface area contributed by atoms with E-state index < -0.39 is 14.0 Å². The Morgan fingerprint density at radius 3 is 2.64 bits per heavy atom. The molecule has 0 aliphatic heterocycles. The first-order chi connectivity index (χ1) is 10.4. The molecule has 0 saturated heterocycles. The van der Waals surface area contributed by atoms with Crippen molar-refractivity contribution in [1.82, 2.24) is 4.98 Å². The van der Waals surface area contributed by atoms with E-state index in [0.29, 0.717) is 12.3 Å². The number of rotatable bonds is 6. The van der Waals surface area contributed by atoms with Gasteiger partial charge in [-0.1, -0.05) is 43.9 Å². The predicted octanol–water partition coefficient (Wildman–Crippen LogP) is 3.88. The normalized spacial score (nSPS) is 11.6. The number of esters is 1. The number of hydrogen-bond donors (Lipinski definition) is 0. The van der Waals surface area contributed by atoms with E-state index in [1.807, 2.05) is 24.3 Å². The van der Waals surface area contributed by atoms with Gasteiger partial charge in [-0.25, -0.2) is 9.78 Å². The molecule has 0 radical (unpaired) electrons. The van der Waals surface area contributed by atoms with Crippen LogP contribution in [0.1, 0.15) is 16.2 Å². The third kappa shape index (κ3) is 4.38. The van der Waals surface area contributed by atoms with E-state index in [1.165, 1.54) is 7.11 Å². The molecule has 0 saturated carbocycles. The maximum Gasteiger partial charge on any atom is 0.356 e. The summed E-state index contributed by atoms with van der Waals surface area (Å²) in [6, 6.07) is 10.7. The van der Waals surface area contributed by atoms with E-state index in [-0.39, 0.29) is 0 Å². The van der Waals surface area contributed by atoms with Crippen LogP contribution in [0.15, 0.2) is 30.3 Å². The van der Waals surface area contributed by atoms with Crippen molar-refractivity contribution >= 4 is 24.8 Å². The minimum absolute atomic E-state index is 0.324. The molecule has 5 heteroatoms. The first-order valence-corrected chi connectivity index (χ1v) is 11.2. The Bertz CT molecular complexity index is 664. The minimum atomic E-state index is -1.10. The Morgan fingerprint density at radius 1 is 1.23 bits per heavy atom. The third-order valence-corrected chi connectivity index (χ3v) is 5.15. The van der Waals surface area contributed by atoms with Gasteiger partial charge in [-0.05, 0) is 17.5 Å². The highest BCUT2D eigenvalue weighted by Gasteiger charge is 2.14. The van der Waals surface area contributed by atoms with Gasteiger partial charge in [-0.2, -0.15) is 0 Å². The number of methoxy groups -OCH3 is 1. The van der Waals surface area contributed by atoms with Gasteiger partial charge in [0.05, 0.1) is 19.4 Å². The molecule has 0 atom stereocenters. The van der Waals surface area contributed by atoms with Gasteiger partial charge >= 0.3 is 5.97 Å². The van der Waals surface area contributed by atoms with Crippen molar-refractivity contribution in [2.45, 2.75) is 32.3 Å². The summed E-state index contributed by atoms with van der Waals surface area (Å²) < 4.78 is 10.6. The number of aromatic nitrogens is 1. The van der Waals surface area contributed by atoms with Crippen LogP contribution in [0.4, 0.5) is 0 Å². The molecule has 4 nitrogen and oxygen atoms in total. The first kappa shape index (κ1) is 16.6. The summed E-state index contributed by atoms with van der Waals surface area (Å²) >= 11 is 0. The zero-order valence-corrected chi connectivity index (χ0v) is 14.7. The third-order valence-electron chi connectivity index (χ3n) is 3.45. The SMILES string of the molecule is COC(=O)c1cc2ccccc2c(COCC[Si](C)(C)C)n1. The lowest BCUT2D eigenvalue weighted by molar-refractivity contribution is 0.0593. The van der Waals surface area contributed by atoms with Crippen molar-refractivity contribution in [3.63, 3.8) is 0 Å². The predicted molar refractivity (Wildman–Crippen MR) is 90.9 cm³/mol. The first-order valence-electron chi connectivity index (χ1n) is 7.45. The molecule has 22 heavy (non-hydrogen) atoms. The van der Waals surface area contributed by atoms with Gasteiger partial charge in [-0.3, -0.25) is 0 Å². The Labute approximate surface area is 132 Å². The number of ether oxygens (including phenoxy) is 2. The quantitative estimate of drug-likeness (QED) is 0.461. The molecular weight excluding hydrogens is 294 g/mol. The summed E-state index contributed by atoms with van der Waals surface area (Å²) in [5.74, 6) is -0.422. The molecule has 0 unspecified atom stereocenters. The van der Waals surface area contributed by atoms with E-state index in [0.717, 1.165) is 29.1 Å². The molecule has 0 aliphatic rings. The summed E-state index contributed by atoms with van der Waals surface area (Å²) in [4.78, 5) is 16.2. The maximum absolute atomic E-state index is 11.8. The smallest absolute Gasteiger partial charge is 0.356 e. The van der Waals surface area contributed by atoms with Gasteiger partial charge < -0.3 is 9.47 Å². The van der Waals surface area contributed by atoms with Crippen molar-refractivity contribution in [1.29, 1.82) is 0 Å². The van der Waals surface area contributed by atoms with E-state index in [1.54, 1.807) is 6.07 Å². The number of benzene rings is 1. The summed E-state index contributed by atoms with van der Waals surface area (Å²) in [7, 11) is 0.261. The highest BCUT2D eigenvalue weighted by atomic mass is 28.3. The van der Waals surface area contributed by atoms with Gasteiger partial charge in [0, 0.05) is 20.1 Å². The van der Waals surface area contributed by atoms with Crippen LogP contribution in [-0.4, -0.2) is 32.7 Å². The monoisotopic (exact) mass is 317 g/mol. The number of hydrogen-bond acceptors (Lipinski definition) is 4. The van der Waals surface area contributed by atoms with Crippen LogP contribution in [0.3, 0.4) is 0 Å². The maximum atomic E-state index is 11.8. The Morgan fingerprint density at radius 2 is 1.95 bits per heavy atom. The number of nitrogens with zero attached hydrogens (tertiary/aromatic N) is 1. The van der Waals surface area contributed by atoms with Crippen molar-refractivity contribution < 1.29 is 14.3 Å². The summed E-state index contributed by atoms with van der Waals surface area (Å²) in [5.41, 5.74) is 1.11. The second kappa shape index (κ2) is 7.02. The van der Waals surface area contributed by atoms with Crippen molar-refractivity contribution in [2.24, 2.45) is 0 Å². The van der Waals surface area contributed by atoms with E-state index in [9.17, 15) is 4.79 Å². The molecule has 1 aromatic carbocycles. The molecule has 118 valence electrons. The average Bonchev–Trinajstić information content (AvgIpc) is 2.49. The lowest BCUT2D eigenvalue weighted by Gasteiger charge is -2.15. The number of fused-ring (bicyclic) bond motifs is 1. The van der Waals surface area contributed by atoms with Crippen LogP contribution in [0.5, 0.6) is 0 Å². The van der Waals surface area contributed by atoms with Gasteiger partial charge in [0.15, 0.2) is 0 Å². The minimum Gasteiger partial charge on any atom is -0.464 e. The number of pyridine rings is 1. The Hall–Kier alpha value is -1.72. The topological polar surface area (TPSA) is 48.4 Å². The fourth-order valence-electron chi connectivity index (χ4n) is 2.14. The molecule has 0 N–H and O–H groups in total. The molecule has 1 heterocycles. The molecule has 0 amide bonds. The fraction of sp³-hybridized carbons (Fsp3) is 0.412. The second-order valence-corrected chi connectivity index (χ2v) is 12.2. The van der Waals surface area contributed by atoms with Crippen LogP contribution in [0.2, 0.25) is 25.7 Å². The molecular formula is C17H23NO3Si. The fourth-order valence-corrected chi connectivity index (χ4v) is 2.89. The van der Waals surface area contributed by atoms with Crippen LogP contribution in [0.25, 0.3) is 10.8 Å². The van der Waals surface area contributed by atoms with Crippen LogP contribution < -0.4 is 0 Å². The van der Waals surface area contributed by atoms with Crippen LogP contribution >= 0.6 is 0 Å². The molecule has 0 bridgehead atoms. The van der Waals surface area contributed by atoms with E-state index in [4.69, 9.17) is 9.47 Å². The van der Waals surface area contributed by atoms with Gasteiger partial charge in [0.2, 0.25) is 0 Å². The Balaban J connectivity index is 2.21. The summed E-state index contributed by atoms with van der Waals surface area (Å²) in [6.45, 7) is 8.11. The largest absolute Gasteiger partial charge is 0.464 e. The van der Waals surface area contributed by atoms with Gasteiger partial charge in [-0.15, -0.1) is 0 Å². The van der Waals surface area contributed by atoms with Gasteiger partial charge in [0.1, 0.15) is 5.69 Å². The van der Waals surface area contributed by atoms with E-state index in [2.05, 4.69) is 24.6 Å². The molecule has 1 aromatic heterocycles. The van der Waals surface area contributed by atoms with Crippen molar-refractivity contribution in [2.75, 3.05) is 13.7 Å². The molecule has 0 spiro atoms. The molecule has 0 fully saturated rings. The summed E-state index contributed by atoms with van der Waals surface area (Å²) in [6.07, 6.45) is 0. The zero-order valence-electron chi connectivity index (χ0n) is 13.7. The average molecular weight is 317 g/mol. The lowest BCUT2D eigenvalue weighted by atomic mass is 10.1. The zero-order chi connectivity index (χ0) is 16.2. The van der Waals surface area contributed by atoms with Crippen LogP contribution in [0, 0.1) is 0 Å². The van der Waals surface area contributed by atoms with Gasteiger partial charge in [0.25, 0.3) is 0 Å². The molecule has 2 rings (SSSR count). The standard InChI is InChI=1S/C17H23NO3Si/c1-20-17(19)15-11-13-7-5-6-8-14(13)16(18-15)12-21-9-10-22(2,3)4/h5-8,11H,9-10,12H2,1-4H3. The van der Waals surface area contributed by atoms with E-state index >= 15 is 0 Å². The highest BCUT2D eigenvalue weighted by molar-refractivity contribution is 6.76. The molecule has 2 aromatic rings. The lowest BCUT2D eigenvalue weighted by Crippen LogP contribution is -2.21.